The number of ether oxygens (including phenoxy) is 2. The van der Waals surface area contributed by atoms with Gasteiger partial charge in [-0.2, -0.15) is 13.2 Å². The number of nitrogens with one attached hydrogen (secondary N) is 1. The van der Waals surface area contributed by atoms with Crippen molar-refractivity contribution in [3.8, 4) is 22.9 Å². The molecule has 1 aromatic heterocycles. The van der Waals surface area contributed by atoms with E-state index in [1.807, 2.05) is 0 Å². The van der Waals surface area contributed by atoms with Gasteiger partial charge in [0.05, 0.1) is 31.0 Å². The Bertz CT molecular complexity index is 1070. The Hall–Kier alpha value is -3.62. The van der Waals surface area contributed by atoms with E-state index >= 15 is 0 Å². The highest BCUT2D eigenvalue weighted by atomic mass is 19.4. The second-order valence-electron chi connectivity index (χ2n) is 6.29. The number of methoxy groups -OCH3 is 2. The number of benzene rings is 2. The van der Waals surface area contributed by atoms with E-state index in [9.17, 15) is 18.0 Å². The van der Waals surface area contributed by atoms with Crippen LogP contribution in [0.2, 0.25) is 0 Å². The molecule has 9 heteroatoms. The number of anilines is 1. The minimum Gasteiger partial charge on any atom is -0.493 e. The largest absolute Gasteiger partial charge is 0.493 e. The first-order valence-corrected chi connectivity index (χ1v) is 8.77. The molecular formula is C21H18F3N3O3. The molecule has 1 N–H and O–H groups in total. The Kier molecular flexibility index (Phi) is 5.91. The lowest BCUT2D eigenvalue weighted by atomic mass is 10.1. The molecule has 2 aromatic carbocycles. The summed E-state index contributed by atoms with van der Waals surface area (Å²) in [6.45, 7) is 1.62. The standard InChI is InChI=1S/C21H18F3N3O3/c1-12-16(20(28)27-15-8-9-17(29-2)18(10-15)30-3)11-25-19(26-12)13-4-6-14(7-5-13)21(22,23)24/h4-11H,1-3H3,(H,27,28). The number of hydrogen-bond donors (Lipinski definition) is 1. The molecule has 0 aliphatic rings. The number of nitrogens with zero attached hydrogens (tertiary/aromatic N) is 2. The SMILES string of the molecule is COc1ccc(NC(=O)c2cnc(-c3ccc(C(F)(F)F)cc3)nc2C)cc1OC. The van der Waals surface area contributed by atoms with Crippen molar-refractivity contribution in [1.82, 2.24) is 9.97 Å². The molecule has 0 spiro atoms. The first-order chi connectivity index (χ1) is 14.2. The predicted octanol–water partition coefficient (Wildman–Crippen LogP) is 4.74. The Morgan fingerprint density at radius 2 is 1.67 bits per heavy atom. The van der Waals surface area contributed by atoms with Crippen molar-refractivity contribution in [2.24, 2.45) is 0 Å². The van der Waals surface area contributed by atoms with Crippen molar-refractivity contribution < 1.29 is 27.4 Å². The van der Waals surface area contributed by atoms with Crippen LogP contribution in [0.4, 0.5) is 18.9 Å². The van der Waals surface area contributed by atoms with Gasteiger partial charge in [0.25, 0.3) is 5.91 Å². The number of alkyl halides is 3. The van der Waals surface area contributed by atoms with E-state index in [2.05, 4.69) is 15.3 Å². The third-order valence-electron chi connectivity index (χ3n) is 4.34. The van der Waals surface area contributed by atoms with Crippen LogP contribution in [-0.2, 0) is 6.18 Å². The summed E-state index contributed by atoms with van der Waals surface area (Å²) in [5.41, 5.74) is 0.772. The molecule has 0 saturated carbocycles. The fraction of sp³-hybridized carbons (Fsp3) is 0.190. The van der Waals surface area contributed by atoms with Crippen molar-refractivity contribution in [3.63, 3.8) is 0 Å². The molecule has 0 aliphatic heterocycles. The van der Waals surface area contributed by atoms with Crippen LogP contribution < -0.4 is 14.8 Å². The summed E-state index contributed by atoms with van der Waals surface area (Å²) in [6, 6.07) is 9.44. The Morgan fingerprint density at radius 1 is 1.00 bits per heavy atom. The maximum atomic E-state index is 12.7. The molecule has 0 atom stereocenters. The van der Waals surface area contributed by atoms with Gasteiger partial charge in [0.15, 0.2) is 17.3 Å². The van der Waals surface area contributed by atoms with Crippen LogP contribution in [0.1, 0.15) is 21.6 Å². The zero-order chi connectivity index (χ0) is 21.9. The van der Waals surface area contributed by atoms with Crippen molar-refractivity contribution in [3.05, 3.63) is 65.5 Å². The van der Waals surface area contributed by atoms with Gasteiger partial charge in [-0.05, 0) is 31.2 Å². The lowest BCUT2D eigenvalue weighted by molar-refractivity contribution is -0.137. The third-order valence-corrected chi connectivity index (χ3v) is 4.34. The Morgan fingerprint density at radius 3 is 2.23 bits per heavy atom. The van der Waals surface area contributed by atoms with Crippen molar-refractivity contribution in [2.45, 2.75) is 13.1 Å². The number of aryl methyl sites for hydroxylation is 1. The number of carbonyl (C=O) groups is 1. The molecule has 3 aromatic rings. The molecule has 0 radical (unpaired) electrons. The molecule has 6 nitrogen and oxygen atoms in total. The molecular weight excluding hydrogens is 399 g/mol. The number of carbonyl (C=O) groups excluding carboxylic acids is 1. The molecule has 3 rings (SSSR count). The Balaban J connectivity index is 1.80. The van der Waals surface area contributed by atoms with Gasteiger partial charge in [-0.15, -0.1) is 0 Å². The van der Waals surface area contributed by atoms with Gasteiger partial charge in [-0.25, -0.2) is 9.97 Å². The molecule has 0 bridgehead atoms. The van der Waals surface area contributed by atoms with E-state index in [1.54, 1.807) is 25.1 Å². The number of aromatic nitrogens is 2. The summed E-state index contributed by atoms with van der Waals surface area (Å²) >= 11 is 0. The molecule has 0 fully saturated rings. The summed E-state index contributed by atoms with van der Waals surface area (Å²) in [5.74, 6) is 0.777. The van der Waals surface area contributed by atoms with Crippen LogP contribution in [0.3, 0.4) is 0 Å². The van der Waals surface area contributed by atoms with Crippen molar-refractivity contribution in [2.75, 3.05) is 19.5 Å². The highest BCUT2D eigenvalue weighted by Gasteiger charge is 2.30. The molecule has 30 heavy (non-hydrogen) atoms. The Labute approximate surface area is 170 Å². The highest BCUT2D eigenvalue weighted by Crippen LogP contribution is 2.31. The maximum Gasteiger partial charge on any atom is 0.416 e. The predicted molar refractivity (Wildman–Crippen MR) is 105 cm³/mol. The lowest BCUT2D eigenvalue weighted by Gasteiger charge is -2.12. The van der Waals surface area contributed by atoms with Crippen molar-refractivity contribution >= 4 is 11.6 Å². The third kappa shape index (κ3) is 4.51. The van der Waals surface area contributed by atoms with Gasteiger partial charge in [0.2, 0.25) is 0 Å². The maximum absolute atomic E-state index is 12.7. The normalized spacial score (nSPS) is 11.1. The minimum absolute atomic E-state index is 0.226. The number of halogens is 3. The average Bonchev–Trinajstić information content (AvgIpc) is 2.72. The first-order valence-electron chi connectivity index (χ1n) is 8.77. The second-order valence-corrected chi connectivity index (χ2v) is 6.29. The van der Waals surface area contributed by atoms with Gasteiger partial charge in [0, 0.05) is 23.5 Å². The van der Waals surface area contributed by atoms with Crippen molar-refractivity contribution in [1.29, 1.82) is 0 Å². The summed E-state index contributed by atoms with van der Waals surface area (Å²) in [7, 11) is 3.00. The van der Waals surface area contributed by atoms with E-state index in [4.69, 9.17) is 9.47 Å². The van der Waals surface area contributed by atoms with Gasteiger partial charge >= 0.3 is 6.18 Å². The fourth-order valence-electron chi connectivity index (χ4n) is 2.75. The average molecular weight is 417 g/mol. The van der Waals surface area contributed by atoms with E-state index in [1.165, 1.54) is 32.5 Å². The molecule has 1 heterocycles. The zero-order valence-electron chi connectivity index (χ0n) is 16.4. The number of rotatable bonds is 5. The summed E-state index contributed by atoms with van der Waals surface area (Å²) in [5, 5.41) is 2.73. The topological polar surface area (TPSA) is 73.3 Å². The number of hydrogen-bond acceptors (Lipinski definition) is 5. The van der Waals surface area contributed by atoms with E-state index in [-0.39, 0.29) is 11.4 Å². The molecule has 1 amide bonds. The highest BCUT2D eigenvalue weighted by molar-refractivity contribution is 6.05. The van der Waals surface area contributed by atoms with Gasteiger partial charge in [-0.3, -0.25) is 4.79 Å². The molecule has 0 unspecified atom stereocenters. The number of amides is 1. The molecule has 0 saturated heterocycles. The van der Waals surface area contributed by atoms with Gasteiger partial charge in [0.1, 0.15) is 0 Å². The second kappa shape index (κ2) is 8.40. The van der Waals surface area contributed by atoms with Crippen LogP contribution in [-0.4, -0.2) is 30.1 Å². The van der Waals surface area contributed by atoms with E-state index in [0.717, 1.165) is 12.1 Å². The van der Waals surface area contributed by atoms with E-state index < -0.39 is 17.6 Å². The zero-order valence-corrected chi connectivity index (χ0v) is 16.4. The monoisotopic (exact) mass is 417 g/mol. The summed E-state index contributed by atoms with van der Waals surface area (Å²) in [4.78, 5) is 21.0. The molecule has 156 valence electrons. The summed E-state index contributed by atoms with van der Waals surface area (Å²) < 4.78 is 48.5. The van der Waals surface area contributed by atoms with E-state index in [0.29, 0.717) is 28.4 Å². The van der Waals surface area contributed by atoms with Crippen LogP contribution in [0.5, 0.6) is 11.5 Å². The van der Waals surface area contributed by atoms with Crippen LogP contribution in [0.15, 0.2) is 48.7 Å². The first kappa shape index (κ1) is 21.1. The summed E-state index contributed by atoms with van der Waals surface area (Å²) in [6.07, 6.45) is -3.08. The van der Waals surface area contributed by atoms with Crippen LogP contribution in [0, 0.1) is 6.92 Å². The van der Waals surface area contributed by atoms with Crippen LogP contribution >= 0.6 is 0 Å². The fourth-order valence-corrected chi connectivity index (χ4v) is 2.75. The van der Waals surface area contributed by atoms with Gasteiger partial charge < -0.3 is 14.8 Å². The van der Waals surface area contributed by atoms with Crippen LogP contribution in [0.25, 0.3) is 11.4 Å². The smallest absolute Gasteiger partial charge is 0.416 e. The quantitative estimate of drug-likeness (QED) is 0.649. The molecule has 0 aliphatic carbocycles. The van der Waals surface area contributed by atoms with Gasteiger partial charge in [-0.1, -0.05) is 12.1 Å². The minimum atomic E-state index is -4.42. The lowest BCUT2D eigenvalue weighted by Crippen LogP contribution is -2.15.